The normalized spacial score (nSPS) is 9.95. The van der Waals surface area contributed by atoms with Gasteiger partial charge < -0.3 is 15.7 Å². The molecule has 0 heterocycles. The van der Waals surface area contributed by atoms with E-state index < -0.39 is 0 Å². The lowest BCUT2D eigenvalue weighted by atomic mass is 10.2. The molecule has 0 aromatic heterocycles. The minimum Gasteiger partial charge on any atom is -0.392 e. The minimum absolute atomic E-state index is 0.0357. The summed E-state index contributed by atoms with van der Waals surface area (Å²) in [7, 11) is 0. The lowest BCUT2D eigenvalue weighted by Crippen LogP contribution is -2.21. The molecule has 0 aliphatic rings. The van der Waals surface area contributed by atoms with Gasteiger partial charge in [-0.2, -0.15) is 0 Å². The van der Waals surface area contributed by atoms with Crippen LogP contribution in [0.2, 0.25) is 0 Å². The number of amides is 1. The number of hydrogen-bond acceptors (Lipinski definition) is 3. The second kappa shape index (κ2) is 6.56. The van der Waals surface area contributed by atoms with Gasteiger partial charge in [0.05, 0.1) is 13.2 Å². The highest BCUT2D eigenvalue weighted by Gasteiger charge is 2.02. The lowest BCUT2D eigenvalue weighted by molar-refractivity contribution is -0.114. The first-order valence-corrected chi connectivity index (χ1v) is 6.06. The molecule has 19 heavy (non-hydrogen) atoms. The van der Waals surface area contributed by atoms with Crippen molar-refractivity contribution in [1.82, 2.24) is 0 Å². The van der Waals surface area contributed by atoms with Crippen LogP contribution in [0.1, 0.15) is 5.56 Å². The van der Waals surface area contributed by atoms with Gasteiger partial charge in [0.2, 0.25) is 5.91 Å². The second-order valence-electron chi connectivity index (χ2n) is 4.13. The predicted molar refractivity (Wildman–Crippen MR) is 75.9 cm³/mol. The maximum Gasteiger partial charge on any atom is 0.243 e. The van der Waals surface area contributed by atoms with Crippen LogP contribution < -0.4 is 10.6 Å². The van der Waals surface area contributed by atoms with Crippen molar-refractivity contribution in [2.24, 2.45) is 0 Å². The number of aliphatic hydroxyl groups is 1. The summed E-state index contributed by atoms with van der Waals surface area (Å²) in [4.78, 5) is 11.7. The highest BCUT2D eigenvalue weighted by Crippen LogP contribution is 2.10. The Morgan fingerprint density at radius 1 is 1.00 bits per heavy atom. The van der Waals surface area contributed by atoms with Crippen molar-refractivity contribution in [2.75, 3.05) is 17.2 Å². The van der Waals surface area contributed by atoms with Crippen molar-refractivity contribution in [3.63, 3.8) is 0 Å². The number of carbonyl (C=O) groups excluding carboxylic acids is 1. The molecule has 2 rings (SSSR count). The molecule has 0 fully saturated rings. The number of para-hydroxylation sites is 1. The van der Waals surface area contributed by atoms with E-state index in [0.29, 0.717) is 5.69 Å². The topological polar surface area (TPSA) is 61.4 Å². The van der Waals surface area contributed by atoms with E-state index >= 15 is 0 Å². The van der Waals surface area contributed by atoms with Crippen molar-refractivity contribution in [2.45, 2.75) is 6.61 Å². The average molecular weight is 256 g/mol. The molecule has 0 aliphatic heterocycles. The Kier molecular flexibility index (Phi) is 4.53. The Balaban J connectivity index is 1.87. The minimum atomic E-state index is -0.126. The number of hydrogen-bond donors (Lipinski definition) is 3. The summed E-state index contributed by atoms with van der Waals surface area (Å²) in [5.41, 5.74) is 2.36. The molecular weight excluding hydrogens is 240 g/mol. The maximum atomic E-state index is 11.7. The number of nitrogens with one attached hydrogen (secondary N) is 2. The third kappa shape index (κ3) is 4.12. The van der Waals surface area contributed by atoms with Crippen LogP contribution in [0.15, 0.2) is 54.6 Å². The Morgan fingerprint density at radius 2 is 1.74 bits per heavy atom. The van der Waals surface area contributed by atoms with Crippen molar-refractivity contribution in [3.05, 3.63) is 60.2 Å². The zero-order valence-electron chi connectivity index (χ0n) is 10.5. The van der Waals surface area contributed by atoms with Gasteiger partial charge >= 0.3 is 0 Å². The zero-order chi connectivity index (χ0) is 13.5. The third-order valence-electron chi connectivity index (χ3n) is 2.62. The maximum absolute atomic E-state index is 11.7. The van der Waals surface area contributed by atoms with Gasteiger partial charge in [-0.25, -0.2) is 0 Å². The molecule has 0 aliphatic carbocycles. The van der Waals surface area contributed by atoms with Crippen molar-refractivity contribution < 1.29 is 9.90 Å². The van der Waals surface area contributed by atoms with Gasteiger partial charge in [0, 0.05) is 11.4 Å². The molecule has 0 radical (unpaired) electrons. The Bertz CT molecular complexity index is 541. The molecule has 0 atom stereocenters. The van der Waals surface area contributed by atoms with Gasteiger partial charge in [-0.3, -0.25) is 4.79 Å². The van der Waals surface area contributed by atoms with Crippen LogP contribution in [0.4, 0.5) is 11.4 Å². The largest absolute Gasteiger partial charge is 0.392 e. The fraction of sp³-hybridized carbons (Fsp3) is 0.133. The van der Waals surface area contributed by atoms with E-state index in [1.54, 1.807) is 24.3 Å². The van der Waals surface area contributed by atoms with Crippen LogP contribution in [0.25, 0.3) is 0 Å². The predicted octanol–water partition coefficient (Wildman–Crippen LogP) is 2.23. The molecule has 1 amide bonds. The van der Waals surface area contributed by atoms with Crippen LogP contribution in [0.3, 0.4) is 0 Å². The Labute approximate surface area is 112 Å². The zero-order valence-corrected chi connectivity index (χ0v) is 10.5. The number of benzene rings is 2. The molecular formula is C15H16N2O2. The number of anilines is 2. The SMILES string of the molecule is O=C(CNc1ccccc1)Nc1cccc(CO)c1. The second-order valence-corrected chi connectivity index (χ2v) is 4.13. The third-order valence-corrected chi connectivity index (χ3v) is 2.62. The lowest BCUT2D eigenvalue weighted by Gasteiger charge is -2.08. The summed E-state index contributed by atoms with van der Waals surface area (Å²) in [6.07, 6.45) is 0. The van der Waals surface area contributed by atoms with E-state index in [1.165, 1.54) is 0 Å². The quantitative estimate of drug-likeness (QED) is 0.768. The molecule has 98 valence electrons. The molecule has 0 unspecified atom stereocenters. The molecule has 3 N–H and O–H groups in total. The fourth-order valence-corrected chi connectivity index (χ4v) is 1.69. The molecule has 0 saturated carbocycles. The Morgan fingerprint density at radius 3 is 2.47 bits per heavy atom. The van der Waals surface area contributed by atoms with Crippen LogP contribution in [0.5, 0.6) is 0 Å². The fourth-order valence-electron chi connectivity index (χ4n) is 1.69. The van der Waals surface area contributed by atoms with E-state index in [0.717, 1.165) is 11.3 Å². The number of carbonyl (C=O) groups is 1. The Hall–Kier alpha value is -2.33. The van der Waals surface area contributed by atoms with Crippen LogP contribution in [-0.4, -0.2) is 17.6 Å². The highest BCUT2D eigenvalue weighted by molar-refractivity contribution is 5.93. The molecule has 4 nitrogen and oxygen atoms in total. The molecule has 2 aromatic carbocycles. The first-order chi connectivity index (χ1) is 9.28. The van der Waals surface area contributed by atoms with Crippen LogP contribution in [0, 0.1) is 0 Å². The first-order valence-electron chi connectivity index (χ1n) is 6.06. The summed E-state index contributed by atoms with van der Waals surface area (Å²) >= 11 is 0. The average Bonchev–Trinajstić information content (AvgIpc) is 2.46. The van der Waals surface area contributed by atoms with Gasteiger partial charge in [-0.05, 0) is 29.8 Å². The molecule has 0 bridgehead atoms. The van der Waals surface area contributed by atoms with Crippen molar-refractivity contribution >= 4 is 17.3 Å². The first kappa shape index (κ1) is 13.1. The van der Waals surface area contributed by atoms with E-state index in [4.69, 9.17) is 5.11 Å². The molecule has 2 aromatic rings. The van der Waals surface area contributed by atoms with E-state index in [-0.39, 0.29) is 19.1 Å². The summed E-state index contributed by atoms with van der Waals surface area (Å²) in [6, 6.07) is 16.7. The van der Waals surface area contributed by atoms with Crippen molar-refractivity contribution in [3.8, 4) is 0 Å². The van der Waals surface area contributed by atoms with Gasteiger partial charge in [0.15, 0.2) is 0 Å². The summed E-state index contributed by atoms with van der Waals surface area (Å²) in [5.74, 6) is -0.126. The monoisotopic (exact) mass is 256 g/mol. The number of rotatable bonds is 5. The van der Waals surface area contributed by atoms with Crippen LogP contribution in [-0.2, 0) is 11.4 Å². The van der Waals surface area contributed by atoms with E-state index in [9.17, 15) is 4.79 Å². The van der Waals surface area contributed by atoms with Gasteiger partial charge in [0.25, 0.3) is 0 Å². The van der Waals surface area contributed by atoms with Gasteiger partial charge in [-0.1, -0.05) is 30.3 Å². The standard InChI is InChI=1S/C15H16N2O2/c18-11-12-5-4-8-14(9-12)17-15(19)10-16-13-6-2-1-3-7-13/h1-9,16,18H,10-11H2,(H,17,19). The van der Waals surface area contributed by atoms with E-state index in [2.05, 4.69) is 10.6 Å². The highest BCUT2D eigenvalue weighted by atomic mass is 16.3. The molecule has 0 saturated heterocycles. The number of aliphatic hydroxyl groups excluding tert-OH is 1. The van der Waals surface area contributed by atoms with E-state index in [1.807, 2.05) is 30.3 Å². The van der Waals surface area contributed by atoms with Gasteiger partial charge in [0.1, 0.15) is 0 Å². The summed E-state index contributed by atoms with van der Waals surface area (Å²) < 4.78 is 0. The van der Waals surface area contributed by atoms with Gasteiger partial charge in [-0.15, -0.1) is 0 Å². The molecule has 0 spiro atoms. The van der Waals surface area contributed by atoms with Crippen LogP contribution >= 0.6 is 0 Å². The molecule has 4 heteroatoms. The smallest absolute Gasteiger partial charge is 0.243 e. The summed E-state index contributed by atoms with van der Waals surface area (Å²) in [6.45, 7) is 0.166. The summed E-state index contributed by atoms with van der Waals surface area (Å²) in [5, 5.41) is 14.8. The van der Waals surface area contributed by atoms with Crippen molar-refractivity contribution in [1.29, 1.82) is 0 Å².